The Kier molecular flexibility index (Phi) is 9.19. The van der Waals surface area contributed by atoms with Gasteiger partial charge in [0.25, 0.3) is 0 Å². The standard InChI is InChI=1S/C30H39ClFN7O3/c1-19(18-36(2)3)39-10-6-7-25(39)29(40)37-11-13-38(14-12-37)30-34-24-17-27(42-5)26(41-4)16-21(24)28(35-30)33-23-9-8-20(31)15-22(23)32/h8-9,15-17,19,25H,6-7,10-14,18H2,1-5H3,(H,33,34,35). The zero-order chi connectivity index (χ0) is 30.0. The lowest BCUT2D eigenvalue weighted by Gasteiger charge is -2.39. The molecule has 2 fully saturated rings. The summed E-state index contributed by atoms with van der Waals surface area (Å²) in [4.78, 5) is 31.8. The normalized spacial score (nSPS) is 18.5. The molecule has 2 aliphatic rings. The molecule has 1 amide bonds. The molecule has 0 aliphatic carbocycles. The molecule has 5 rings (SSSR count). The zero-order valence-electron chi connectivity index (χ0n) is 24.9. The Morgan fingerprint density at radius 3 is 2.48 bits per heavy atom. The lowest BCUT2D eigenvalue weighted by molar-refractivity contribution is -0.137. The molecule has 0 saturated carbocycles. The number of nitrogens with one attached hydrogen (secondary N) is 1. The van der Waals surface area contributed by atoms with Gasteiger partial charge >= 0.3 is 0 Å². The van der Waals surface area contributed by atoms with E-state index in [9.17, 15) is 9.18 Å². The summed E-state index contributed by atoms with van der Waals surface area (Å²) in [5.74, 6) is 1.65. The summed E-state index contributed by atoms with van der Waals surface area (Å²) in [5, 5.41) is 4.07. The number of hydrogen-bond acceptors (Lipinski definition) is 9. The van der Waals surface area contributed by atoms with Crippen molar-refractivity contribution in [1.29, 1.82) is 0 Å². The smallest absolute Gasteiger partial charge is 0.240 e. The van der Waals surface area contributed by atoms with Gasteiger partial charge in [0.05, 0.1) is 31.5 Å². The maximum atomic E-state index is 14.8. The number of anilines is 3. The molecule has 226 valence electrons. The van der Waals surface area contributed by atoms with Crippen molar-refractivity contribution in [3.05, 3.63) is 41.2 Å². The average molecular weight is 600 g/mol. The Morgan fingerprint density at radius 2 is 1.81 bits per heavy atom. The quantitative estimate of drug-likeness (QED) is 0.388. The molecule has 0 bridgehead atoms. The molecule has 1 aromatic heterocycles. The second-order valence-electron chi connectivity index (χ2n) is 11.2. The molecule has 12 heteroatoms. The summed E-state index contributed by atoms with van der Waals surface area (Å²) in [5.41, 5.74) is 0.852. The third-order valence-electron chi connectivity index (χ3n) is 8.02. The third kappa shape index (κ3) is 6.33. The van der Waals surface area contributed by atoms with Crippen molar-refractivity contribution >= 4 is 45.9 Å². The van der Waals surface area contributed by atoms with Gasteiger partial charge < -0.3 is 29.5 Å². The zero-order valence-corrected chi connectivity index (χ0v) is 25.6. The first kappa shape index (κ1) is 30.1. The van der Waals surface area contributed by atoms with Crippen molar-refractivity contribution in [1.82, 2.24) is 24.7 Å². The Bertz CT molecular complexity index is 1430. The second-order valence-corrected chi connectivity index (χ2v) is 11.6. The Morgan fingerprint density at radius 1 is 1.10 bits per heavy atom. The molecule has 2 saturated heterocycles. The summed E-state index contributed by atoms with van der Waals surface area (Å²) in [6, 6.07) is 8.24. The van der Waals surface area contributed by atoms with E-state index < -0.39 is 5.82 Å². The van der Waals surface area contributed by atoms with Crippen LogP contribution in [-0.2, 0) is 4.79 Å². The molecule has 3 aromatic rings. The lowest BCUT2D eigenvalue weighted by Crippen LogP contribution is -2.55. The molecule has 2 aromatic carbocycles. The van der Waals surface area contributed by atoms with Crippen LogP contribution in [0.25, 0.3) is 10.9 Å². The number of carbonyl (C=O) groups excluding carboxylic acids is 1. The highest BCUT2D eigenvalue weighted by Gasteiger charge is 2.37. The summed E-state index contributed by atoms with van der Waals surface area (Å²) >= 11 is 5.97. The van der Waals surface area contributed by atoms with E-state index >= 15 is 0 Å². The van der Waals surface area contributed by atoms with Gasteiger partial charge in [-0.15, -0.1) is 0 Å². The van der Waals surface area contributed by atoms with E-state index in [0.29, 0.717) is 71.4 Å². The summed E-state index contributed by atoms with van der Waals surface area (Å²) in [7, 11) is 7.25. The highest BCUT2D eigenvalue weighted by molar-refractivity contribution is 6.30. The maximum absolute atomic E-state index is 14.8. The number of likely N-dealkylation sites (N-methyl/N-ethyl adjacent to an activating group) is 1. The number of halogens is 2. The van der Waals surface area contributed by atoms with Gasteiger partial charge in [0.15, 0.2) is 11.5 Å². The van der Waals surface area contributed by atoms with Crippen LogP contribution in [0.4, 0.5) is 21.8 Å². The largest absolute Gasteiger partial charge is 0.493 e. The van der Waals surface area contributed by atoms with Gasteiger partial charge in [-0.25, -0.2) is 9.37 Å². The predicted molar refractivity (Wildman–Crippen MR) is 164 cm³/mol. The molecular formula is C30H39ClFN7O3. The fourth-order valence-corrected chi connectivity index (χ4v) is 6.11. The number of hydrogen-bond donors (Lipinski definition) is 1. The number of ether oxygens (including phenoxy) is 2. The van der Waals surface area contributed by atoms with Crippen LogP contribution in [0.1, 0.15) is 19.8 Å². The van der Waals surface area contributed by atoms with E-state index in [1.54, 1.807) is 38.5 Å². The van der Waals surface area contributed by atoms with Crippen molar-refractivity contribution in [3.63, 3.8) is 0 Å². The number of fused-ring (bicyclic) bond motifs is 1. The van der Waals surface area contributed by atoms with Crippen molar-refractivity contribution in [2.75, 3.05) is 77.8 Å². The van der Waals surface area contributed by atoms with Crippen molar-refractivity contribution in [3.8, 4) is 11.5 Å². The Hall–Kier alpha value is -3.41. The minimum absolute atomic E-state index is 0.0732. The summed E-state index contributed by atoms with van der Waals surface area (Å²) < 4.78 is 25.8. The molecule has 2 aliphatic heterocycles. The second kappa shape index (κ2) is 12.8. The molecule has 1 N–H and O–H groups in total. The molecule has 10 nitrogen and oxygen atoms in total. The lowest BCUT2D eigenvalue weighted by atomic mass is 10.1. The fraction of sp³-hybridized carbons (Fsp3) is 0.500. The topological polar surface area (TPSA) is 86.3 Å². The van der Waals surface area contributed by atoms with Crippen molar-refractivity contribution in [2.45, 2.75) is 31.8 Å². The van der Waals surface area contributed by atoms with E-state index in [-0.39, 0.29) is 17.6 Å². The third-order valence-corrected chi connectivity index (χ3v) is 8.26. The van der Waals surface area contributed by atoms with Crippen molar-refractivity contribution < 1.29 is 18.7 Å². The molecule has 42 heavy (non-hydrogen) atoms. The number of piperazine rings is 1. The van der Waals surface area contributed by atoms with Gasteiger partial charge in [-0.2, -0.15) is 4.98 Å². The highest BCUT2D eigenvalue weighted by atomic mass is 35.5. The average Bonchev–Trinajstić information content (AvgIpc) is 3.47. The molecule has 0 spiro atoms. The van der Waals surface area contributed by atoms with Crippen LogP contribution in [0.3, 0.4) is 0 Å². The summed E-state index contributed by atoms with van der Waals surface area (Å²) in [6.45, 7) is 6.39. The summed E-state index contributed by atoms with van der Waals surface area (Å²) in [6.07, 6.45) is 1.93. The van der Waals surface area contributed by atoms with E-state index in [0.717, 1.165) is 25.9 Å². The number of benzene rings is 2. The van der Waals surface area contributed by atoms with Gasteiger partial charge in [-0.3, -0.25) is 9.69 Å². The van der Waals surface area contributed by atoms with Gasteiger partial charge in [0, 0.05) is 55.2 Å². The van der Waals surface area contributed by atoms with Crippen LogP contribution in [0, 0.1) is 5.82 Å². The first-order chi connectivity index (χ1) is 20.2. The number of carbonyl (C=O) groups is 1. The van der Waals surface area contributed by atoms with E-state index in [2.05, 4.69) is 41.0 Å². The van der Waals surface area contributed by atoms with Crippen LogP contribution in [0.15, 0.2) is 30.3 Å². The van der Waals surface area contributed by atoms with Crippen molar-refractivity contribution in [2.24, 2.45) is 0 Å². The minimum Gasteiger partial charge on any atom is -0.493 e. The number of nitrogens with zero attached hydrogens (tertiary/aromatic N) is 6. The first-order valence-corrected chi connectivity index (χ1v) is 14.7. The number of aromatic nitrogens is 2. The van der Waals surface area contributed by atoms with Gasteiger partial charge in [0.2, 0.25) is 11.9 Å². The predicted octanol–water partition coefficient (Wildman–Crippen LogP) is 4.25. The highest BCUT2D eigenvalue weighted by Crippen LogP contribution is 2.36. The molecule has 2 atom stereocenters. The van der Waals surface area contributed by atoms with E-state index in [1.807, 2.05) is 4.90 Å². The molecule has 0 radical (unpaired) electrons. The monoisotopic (exact) mass is 599 g/mol. The van der Waals surface area contributed by atoms with Crippen LogP contribution < -0.4 is 19.7 Å². The van der Waals surface area contributed by atoms with Gasteiger partial charge in [-0.05, 0) is 64.7 Å². The fourth-order valence-electron chi connectivity index (χ4n) is 5.95. The molecule has 3 heterocycles. The Labute approximate surface area is 251 Å². The number of amides is 1. The number of likely N-dealkylation sites (tertiary alicyclic amines) is 1. The van der Waals surface area contributed by atoms with Crippen LogP contribution >= 0.6 is 11.6 Å². The SMILES string of the molecule is COc1cc2nc(N3CCN(C(=O)C4CCCN4C(C)CN(C)C)CC3)nc(Nc3ccc(Cl)cc3F)c2cc1OC. The number of methoxy groups -OCH3 is 2. The Balaban J connectivity index is 1.38. The molecular weight excluding hydrogens is 561 g/mol. The van der Waals surface area contributed by atoms with Gasteiger partial charge in [-0.1, -0.05) is 11.6 Å². The van der Waals surface area contributed by atoms with Gasteiger partial charge in [0.1, 0.15) is 11.6 Å². The first-order valence-electron chi connectivity index (χ1n) is 14.3. The molecule has 2 unspecified atom stereocenters. The van der Waals surface area contributed by atoms with Crippen LogP contribution in [0.2, 0.25) is 5.02 Å². The van der Waals surface area contributed by atoms with E-state index in [1.165, 1.54) is 6.07 Å². The van der Waals surface area contributed by atoms with Crippen LogP contribution in [-0.4, -0.2) is 110 Å². The maximum Gasteiger partial charge on any atom is 0.240 e. The minimum atomic E-state index is -0.496. The van der Waals surface area contributed by atoms with E-state index in [4.69, 9.17) is 31.0 Å². The van der Waals surface area contributed by atoms with Crippen LogP contribution in [0.5, 0.6) is 11.5 Å². The number of rotatable bonds is 9.